The first-order valence-corrected chi connectivity index (χ1v) is 7.38. The predicted octanol–water partition coefficient (Wildman–Crippen LogP) is 3.99. The predicted molar refractivity (Wildman–Crippen MR) is 78.4 cm³/mol. The fraction of sp³-hybridized carbons (Fsp3) is 0.529. The summed E-state index contributed by atoms with van der Waals surface area (Å²) in [7, 11) is 1.73. The average Bonchev–Trinajstić information content (AvgIpc) is 2.47. The highest BCUT2D eigenvalue weighted by Gasteiger charge is 2.27. The van der Waals surface area contributed by atoms with Crippen LogP contribution in [-0.4, -0.2) is 13.2 Å². The first-order chi connectivity index (χ1) is 9.28. The van der Waals surface area contributed by atoms with Crippen molar-refractivity contribution in [3.8, 4) is 5.75 Å². The molecule has 0 unspecified atom stereocenters. The van der Waals surface area contributed by atoms with Crippen LogP contribution in [0.3, 0.4) is 0 Å². The second-order valence-corrected chi connectivity index (χ2v) is 5.76. The Labute approximate surface area is 115 Å². The molecule has 0 bridgehead atoms. The van der Waals surface area contributed by atoms with Crippen molar-refractivity contribution in [3.05, 3.63) is 41.0 Å². The van der Waals surface area contributed by atoms with Gasteiger partial charge < -0.3 is 10.1 Å². The van der Waals surface area contributed by atoms with Gasteiger partial charge in [0.05, 0.1) is 7.11 Å². The van der Waals surface area contributed by atoms with Crippen LogP contribution in [0.15, 0.2) is 35.4 Å². The summed E-state index contributed by atoms with van der Waals surface area (Å²) in [6, 6.07) is 9.45. The second kappa shape index (κ2) is 5.38. The molecule has 0 aromatic heterocycles. The number of rotatable bonds is 2. The third kappa shape index (κ3) is 2.55. The summed E-state index contributed by atoms with van der Waals surface area (Å²) in [6.07, 6.45) is 6.52. The zero-order valence-electron chi connectivity index (χ0n) is 11.9. The Kier molecular flexibility index (Phi) is 3.61. The number of benzene rings is 1. The number of hydrogen-bond donors (Lipinski definition) is 1. The normalized spacial score (nSPS) is 27.1. The van der Waals surface area contributed by atoms with Gasteiger partial charge in [-0.15, -0.1) is 0 Å². The lowest BCUT2D eigenvalue weighted by atomic mass is 9.80. The van der Waals surface area contributed by atoms with Gasteiger partial charge in [0.2, 0.25) is 0 Å². The third-order valence-electron chi connectivity index (χ3n) is 4.55. The van der Waals surface area contributed by atoms with Crippen LogP contribution in [-0.2, 0) is 0 Å². The lowest BCUT2D eigenvalue weighted by Crippen LogP contribution is -2.37. The van der Waals surface area contributed by atoms with Gasteiger partial charge in [-0.1, -0.05) is 23.3 Å². The van der Waals surface area contributed by atoms with Gasteiger partial charge in [-0.25, -0.2) is 0 Å². The zero-order valence-corrected chi connectivity index (χ0v) is 11.9. The van der Waals surface area contributed by atoms with Gasteiger partial charge >= 0.3 is 0 Å². The number of nitrogens with one attached hydrogen (secondary N) is 1. The molecule has 1 heterocycles. The summed E-state index contributed by atoms with van der Waals surface area (Å²) in [6.45, 7) is 2.31. The van der Waals surface area contributed by atoms with Crippen molar-refractivity contribution >= 4 is 0 Å². The van der Waals surface area contributed by atoms with Crippen LogP contribution in [0.2, 0.25) is 0 Å². The van der Waals surface area contributed by atoms with Gasteiger partial charge in [0, 0.05) is 12.1 Å². The highest BCUT2D eigenvalue weighted by Crippen LogP contribution is 2.38. The molecule has 2 nitrogen and oxygen atoms in total. The SMILES string of the molecule is COc1cccc([C@@H]2CC3=C(CCCC3)[C@@H](C)N2)c1. The Morgan fingerprint density at radius 1 is 1.21 bits per heavy atom. The maximum Gasteiger partial charge on any atom is 0.119 e. The van der Waals surface area contributed by atoms with Crippen LogP contribution in [0.1, 0.15) is 50.6 Å². The van der Waals surface area contributed by atoms with Crippen molar-refractivity contribution in [2.24, 2.45) is 0 Å². The number of methoxy groups -OCH3 is 1. The molecule has 102 valence electrons. The molecule has 0 amide bonds. The molecule has 1 aliphatic heterocycles. The van der Waals surface area contributed by atoms with Crippen molar-refractivity contribution in [1.29, 1.82) is 0 Å². The molecule has 3 rings (SSSR count). The van der Waals surface area contributed by atoms with Crippen LogP contribution in [0.25, 0.3) is 0 Å². The molecule has 0 radical (unpaired) electrons. The molecule has 1 aromatic carbocycles. The number of ether oxygens (including phenoxy) is 1. The fourth-order valence-corrected chi connectivity index (χ4v) is 3.53. The highest BCUT2D eigenvalue weighted by molar-refractivity contribution is 5.35. The molecular formula is C17H23NO. The fourth-order valence-electron chi connectivity index (χ4n) is 3.53. The number of hydrogen-bond acceptors (Lipinski definition) is 2. The van der Waals surface area contributed by atoms with E-state index >= 15 is 0 Å². The maximum absolute atomic E-state index is 5.34. The largest absolute Gasteiger partial charge is 0.497 e. The van der Waals surface area contributed by atoms with Gasteiger partial charge in [0.25, 0.3) is 0 Å². The first-order valence-electron chi connectivity index (χ1n) is 7.38. The van der Waals surface area contributed by atoms with Crippen molar-refractivity contribution in [1.82, 2.24) is 5.32 Å². The summed E-state index contributed by atoms with van der Waals surface area (Å²) in [4.78, 5) is 0. The molecule has 0 spiro atoms. The molecule has 1 aliphatic carbocycles. The van der Waals surface area contributed by atoms with Crippen LogP contribution in [0.4, 0.5) is 0 Å². The van der Waals surface area contributed by atoms with E-state index in [4.69, 9.17) is 4.74 Å². The van der Waals surface area contributed by atoms with E-state index in [9.17, 15) is 0 Å². The average molecular weight is 257 g/mol. The lowest BCUT2D eigenvalue weighted by molar-refractivity contribution is 0.403. The van der Waals surface area contributed by atoms with Gasteiger partial charge in [-0.3, -0.25) is 0 Å². The monoisotopic (exact) mass is 257 g/mol. The molecule has 1 N–H and O–H groups in total. The van der Waals surface area contributed by atoms with Crippen LogP contribution >= 0.6 is 0 Å². The van der Waals surface area contributed by atoms with E-state index < -0.39 is 0 Å². The molecule has 2 heteroatoms. The standard InChI is InChI=1S/C17H23NO/c1-12-16-9-4-3-6-13(16)11-17(18-12)14-7-5-8-15(10-14)19-2/h5,7-8,10,12,17-18H,3-4,6,9,11H2,1-2H3/t12-,17+/m1/s1. The Hall–Kier alpha value is -1.28. The van der Waals surface area contributed by atoms with E-state index in [1.54, 1.807) is 18.3 Å². The van der Waals surface area contributed by atoms with Gasteiger partial charge in [0.15, 0.2) is 0 Å². The van der Waals surface area contributed by atoms with Gasteiger partial charge in [-0.05, 0) is 56.7 Å². The molecule has 19 heavy (non-hydrogen) atoms. The lowest BCUT2D eigenvalue weighted by Gasteiger charge is -2.36. The van der Waals surface area contributed by atoms with Gasteiger partial charge in [-0.2, -0.15) is 0 Å². The van der Waals surface area contributed by atoms with Crippen molar-refractivity contribution < 1.29 is 4.74 Å². The summed E-state index contributed by atoms with van der Waals surface area (Å²) in [5.74, 6) is 0.954. The van der Waals surface area contributed by atoms with Crippen LogP contribution < -0.4 is 10.1 Å². The van der Waals surface area contributed by atoms with E-state index in [0.717, 1.165) is 5.75 Å². The molecule has 0 saturated carbocycles. The van der Waals surface area contributed by atoms with E-state index in [-0.39, 0.29) is 0 Å². The Morgan fingerprint density at radius 2 is 2.05 bits per heavy atom. The summed E-state index contributed by atoms with van der Waals surface area (Å²) < 4.78 is 5.34. The van der Waals surface area contributed by atoms with E-state index in [1.807, 2.05) is 6.07 Å². The van der Waals surface area contributed by atoms with Gasteiger partial charge in [0.1, 0.15) is 5.75 Å². The zero-order chi connectivity index (χ0) is 13.2. The quantitative estimate of drug-likeness (QED) is 0.809. The molecule has 2 atom stereocenters. The molecule has 0 fully saturated rings. The van der Waals surface area contributed by atoms with Crippen molar-refractivity contribution in [2.45, 2.75) is 51.1 Å². The first kappa shape index (κ1) is 12.7. The minimum Gasteiger partial charge on any atom is -0.497 e. The van der Waals surface area contributed by atoms with E-state index in [1.165, 1.54) is 37.7 Å². The van der Waals surface area contributed by atoms with E-state index in [2.05, 4.69) is 30.4 Å². The molecule has 2 aliphatic rings. The molecule has 1 aromatic rings. The topological polar surface area (TPSA) is 21.3 Å². The summed E-state index contributed by atoms with van der Waals surface area (Å²) >= 11 is 0. The minimum atomic E-state index is 0.446. The van der Waals surface area contributed by atoms with E-state index in [0.29, 0.717) is 12.1 Å². The van der Waals surface area contributed by atoms with Crippen LogP contribution in [0.5, 0.6) is 5.75 Å². The smallest absolute Gasteiger partial charge is 0.119 e. The van der Waals surface area contributed by atoms with Crippen molar-refractivity contribution in [2.75, 3.05) is 7.11 Å². The third-order valence-corrected chi connectivity index (χ3v) is 4.55. The summed E-state index contributed by atoms with van der Waals surface area (Å²) in [5, 5.41) is 3.77. The minimum absolute atomic E-state index is 0.446. The van der Waals surface area contributed by atoms with Crippen molar-refractivity contribution in [3.63, 3.8) is 0 Å². The van der Waals surface area contributed by atoms with Crippen LogP contribution in [0, 0.1) is 0 Å². The summed E-state index contributed by atoms with van der Waals surface area (Å²) in [5.41, 5.74) is 4.75. The molecular weight excluding hydrogens is 234 g/mol. The Morgan fingerprint density at radius 3 is 2.89 bits per heavy atom. The molecule has 0 saturated heterocycles. The second-order valence-electron chi connectivity index (χ2n) is 5.76. The maximum atomic E-state index is 5.34. The highest BCUT2D eigenvalue weighted by atomic mass is 16.5. The Balaban J connectivity index is 1.85. The Bertz CT molecular complexity index is 492.